The molecule has 0 bridgehead atoms. The zero-order chi connectivity index (χ0) is 42.8. The summed E-state index contributed by atoms with van der Waals surface area (Å²) >= 11 is 0. The van der Waals surface area contributed by atoms with Crippen LogP contribution in [0.2, 0.25) is 18.6 Å². The third-order valence-electron chi connectivity index (χ3n) is 12.7. The van der Waals surface area contributed by atoms with Crippen molar-refractivity contribution in [1.29, 1.82) is 0 Å². The van der Waals surface area contributed by atoms with Gasteiger partial charge < -0.3 is 24.4 Å². The van der Waals surface area contributed by atoms with E-state index in [4.69, 9.17) is 9.47 Å². The van der Waals surface area contributed by atoms with E-state index < -0.39 is 19.8 Å². The molecule has 4 atom stereocenters. The van der Waals surface area contributed by atoms with Crippen LogP contribution >= 0.6 is 0 Å². The Balaban J connectivity index is 1.35. The van der Waals surface area contributed by atoms with Gasteiger partial charge in [-0.25, -0.2) is 4.68 Å². The summed E-state index contributed by atoms with van der Waals surface area (Å²) in [5, 5.41) is 15.1. The Hall–Kier alpha value is -5.49. The standard InChI is InChI=1S/C49H58N4O6Si/c1-33(2)14-13-15-34(3)26-27-52-43-25-20-37(53-47(56)40-18-11-12-19-42(40)50-53)30-41(43)49(48(52)57)35(4)46(60(6,7)39-23-21-38(58-5)22-24-39)44(59-49)31-45(55)51(28-29-54)32-36-16-9-8-10-17-36/h8-12,14,16-26,30,35,44,46,50,54H,13,15,27-29,31-32H2,1-7H3/b34-26+/t35-,44+,46-,49+/m0/s1. The Bertz CT molecular complexity index is 2470. The summed E-state index contributed by atoms with van der Waals surface area (Å²) in [6, 6.07) is 31.1. The average molecular weight is 827 g/mol. The number of allylic oxidation sites excluding steroid dienone is 3. The van der Waals surface area contributed by atoms with E-state index >= 15 is 4.79 Å². The number of aromatic amines is 1. The number of aromatic nitrogens is 2. The highest BCUT2D eigenvalue weighted by Gasteiger charge is 2.66. The number of methoxy groups -OCH3 is 1. The summed E-state index contributed by atoms with van der Waals surface area (Å²) < 4.78 is 14.4. The Morgan fingerprint density at radius 2 is 1.68 bits per heavy atom. The first-order chi connectivity index (χ1) is 28.8. The summed E-state index contributed by atoms with van der Waals surface area (Å²) in [7, 11) is -0.939. The molecule has 0 unspecified atom stereocenters. The molecule has 11 heteroatoms. The van der Waals surface area contributed by atoms with E-state index in [1.54, 1.807) is 18.1 Å². The molecule has 1 fully saturated rings. The van der Waals surface area contributed by atoms with Crippen LogP contribution in [0, 0.1) is 5.92 Å². The van der Waals surface area contributed by atoms with Gasteiger partial charge in [0.2, 0.25) is 5.91 Å². The zero-order valence-electron chi connectivity index (χ0n) is 35.9. The molecule has 0 aliphatic carbocycles. The number of nitrogens with one attached hydrogen (secondary N) is 1. The topological polar surface area (TPSA) is 117 Å². The molecule has 4 aromatic carbocycles. The molecule has 3 heterocycles. The van der Waals surface area contributed by atoms with Crippen LogP contribution in [0.4, 0.5) is 5.69 Å². The number of hydrogen-bond acceptors (Lipinski definition) is 6. The molecule has 1 spiro atoms. The lowest BCUT2D eigenvalue weighted by Gasteiger charge is -2.37. The van der Waals surface area contributed by atoms with E-state index in [2.05, 4.69) is 70.2 Å². The van der Waals surface area contributed by atoms with Gasteiger partial charge >= 0.3 is 0 Å². The van der Waals surface area contributed by atoms with E-state index in [0.29, 0.717) is 35.2 Å². The van der Waals surface area contributed by atoms with E-state index in [0.717, 1.165) is 35.0 Å². The first-order valence-electron chi connectivity index (χ1n) is 21.0. The van der Waals surface area contributed by atoms with Crippen LogP contribution in [0.3, 0.4) is 0 Å². The van der Waals surface area contributed by atoms with Crippen LogP contribution in [0.1, 0.15) is 58.1 Å². The third-order valence-corrected chi connectivity index (χ3v) is 17.1. The Morgan fingerprint density at radius 1 is 0.967 bits per heavy atom. The molecule has 2 aliphatic heterocycles. The molecule has 1 aromatic heterocycles. The van der Waals surface area contributed by atoms with Crippen molar-refractivity contribution >= 4 is 41.7 Å². The molecule has 0 radical (unpaired) electrons. The van der Waals surface area contributed by atoms with Crippen molar-refractivity contribution in [2.24, 2.45) is 5.92 Å². The minimum Gasteiger partial charge on any atom is -0.497 e. The third kappa shape index (κ3) is 8.05. The fourth-order valence-corrected chi connectivity index (χ4v) is 13.5. The van der Waals surface area contributed by atoms with Crippen molar-refractivity contribution in [2.45, 2.75) is 83.8 Å². The number of amides is 2. The highest BCUT2D eigenvalue weighted by atomic mass is 28.3. The monoisotopic (exact) mass is 826 g/mol. The normalized spacial score (nSPS) is 20.2. The number of hydrogen-bond donors (Lipinski definition) is 2. The number of fused-ring (bicyclic) bond motifs is 3. The summed E-state index contributed by atoms with van der Waals surface area (Å²) in [6.45, 7) is 13.7. The van der Waals surface area contributed by atoms with E-state index in [1.165, 1.54) is 15.8 Å². The highest BCUT2D eigenvalue weighted by molar-refractivity contribution is 6.91. The van der Waals surface area contributed by atoms with Crippen molar-refractivity contribution < 1.29 is 24.2 Å². The quantitative estimate of drug-likeness (QED) is 0.0817. The van der Waals surface area contributed by atoms with Crippen LogP contribution in [-0.2, 0) is 26.5 Å². The number of aliphatic hydroxyl groups is 1. The number of para-hydroxylation sites is 1. The number of H-pyrrole nitrogens is 1. The lowest BCUT2D eigenvalue weighted by atomic mass is 9.82. The maximum absolute atomic E-state index is 15.5. The molecule has 2 amide bonds. The first kappa shape index (κ1) is 42.6. The van der Waals surface area contributed by atoms with Crippen LogP contribution in [-0.4, -0.2) is 72.6 Å². The van der Waals surface area contributed by atoms with Gasteiger partial charge in [-0.15, -0.1) is 0 Å². The number of nitrogens with zero attached hydrogens (tertiary/aromatic N) is 3. The van der Waals surface area contributed by atoms with Crippen LogP contribution in [0.5, 0.6) is 5.75 Å². The maximum atomic E-state index is 15.5. The number of aliphatic hydroxyl groups excluding tert-OH is 1. The minimum atomic E-state index is -2.59. The average Bonchev–Trinajstić information content (AvgIpc) is 3.82. The van der Waals surface area contributed by atoms with Gasteiger partial charge in [-0.05, 0) is 87.2 Å². The van der Waals surface area contributed by atoms with Crippen molar-refractivity contribution in [2.75, 3.05) is 31.7 Å². The van der Waals surface area contributed by atoms with Crippen LogP contribution in [0.15, 0.2) is 125 Å². The first-order valence-corrected chi connectivity index (χ1v) is 24.1. The van der Waals surface area contributed by atoms with Gasteiger partial charge in [-0.1, -0.05) is 103 Å². The fraction of sp³-hybridized carbons (Fsp3) is 0.367. The predicted molar refractivity (Wildman–Crippen MR) is 242 cm³/mol. The molecule has 314 valence electrons. The van der Waals surface area contributed by atoms with Crippen LogP contribution in [0.25, 0.3) is 16.6 Å². The van der Waals surface area contributed by atoms with Gasteiger partial charge in [-0.2, -0.15) is 0 Å². The molecular weight excluding hydrogens is 769 g/mol. The summed E-state index contributed by atoms with van der Waals surface area (Å²) in [4.78, 5) is 47.4. The number of carbonyl (C=O) groups is 2. The van der Waals surface area contributed by atoms with Crippen molar-refractivity contribution in [3.8, 4) is 11.4 Å². The molecule has 2 N–H and O–H groups in total. The largest absolute Gasteiger partial charge is 0.497 e. The van der Waals surface area contributed by atoms with E-state index in [-0.39, 0.29) is 48.4 Å². The molecule has 5 aromatic rings. The molecule has 60 heavy (non-hydrogen) atoms. The summed E-state index contributed by atoms with van der Waals surface area (Å²) in [5.74, 6) is 0.0636. The smallest absolute Gasteiger partial charge is 0.279 e. The van der Waals surface area contributed by atoms with Crippen molar-refractivity contribution in [3.05, 3.63) is 142 Å². The molecule has 1 saturated heterocycles. The van der Waals surface area contributed by atoms with Gasteiger partial charge in [0, 0.05) is 31.1 Å². The number of benzene rings is 4. The Morgan fingerprint density at radius 3 is 2.37 bits per heavy atom. The van der Waals surface area contributed by atoms with E-state index in [1.807, 2.05) is 83.8 Å². The van der Waals surface area contributed by atoms with E-state index in [9.17, 15) is 14.7 Å². The van der Waals surface area contributed by atoms with Gasteiger partial charge in [0.1, 0.15) is 5.75 Å². The van der Waals surface area contributed by atoms with Gasteiger partial charge in [-0.3, -0.25) is 19.5 Å². The Labute approximate surface area is 354 Å². The minimum absolute atomic E-state index is 0.0311. The summed E-state index contributed by atoms with van der Waals surface area (Å²) in [6.07, 6.45) is 5.54. The molecule has 0 saturated carbocycles. The number of anilines is 1. The van der Waals surface area contributed by atoms with Gasteiger partial charge in [0.15, 0.2) is 5.60 Å². The van der Waals surface area contributed by atoms with Gasteiger partial charge in [0.25, 0.3) is 11.5 Å². The zero-order valence-corrected chi connectivity index (χ0v) is 36.9. The SMILES string of the molecule is COc1ccc([Si](C)(C)[C@@H]2[C@@H](CC(=O)N(CCO)Cc3ccccc3)O[C@]3(C(=O)N(C/C=C(\C)CCC=C(C)C)c4ccc(-n5[nH]c6ccccc6c5=O)cc43)[C@H]2C)cc1. The molecular formula is C49H58N4O6Si. The van der Waals surface area contributed by atoms with Crippen molar-refractivity contribution in [1.82, 2.24) is 14.7 Å². The number of carbonyl (C=O) groups excluding carboxylic acids is 2. The van der Waals surface area contributed by atoms with Crippen molar-refractivity contribution in [3.63, 3.8) is 0 Å². The van der Waals surface area contributed by atoms with Crippen LogP contribution < -0.4 is 20.4 Å². The highest BCUT2D eigenvalue weighted by Crippen LogP contribution is 2.60. The molecule has 2 aliphatic rings. The number of rotatable bonds is 15. The molecule has 10 nitrogen and oxygen atoms in total. The number of ether oxygens (including phenoxy) is 2. The predicted octanol–water partition coefficient (Wildman–Crippen LogP) is 7.99. The summed E-state index contributed by atoms with van der Waals surface area (Å²) in [5.41, 5.74) is 4.31. The lowest BCUT2D eigenvalue weighted by molar-refractivity contribution is -0.149. The fourth-order valence-electron chi connectivity index (χ4n) is 9.52. The Kier molecular flexibility index (Phi) is 12.5. The second-order valence-corrected chi connectivity index (χ2v) is 21.9. The lowest BCUT2D eigenvalue weighted by Crippen LogP contribution is -2.52. The molecule has 7 rings (SSSR count). The van der Waals surface area contributed by atoms with Gasteiger partial charge in [0.05, 0.1) is 56.6 Å². The maximum Gasteiger partial charge on any atom is 0.279 e. The second kappa shape index (κ2) is 17.6. The second-order valence-electron chi connectivity index (χ2n) is 17.2.